The zero-order chi connectivity index (χ0) is 11.8. The van der Waals surface area contributed by atoms with E-state index in [4.69, 9.17) is 5.11 Å². The molecule has 0 heterocycles. The van der Waals surface area contributed by atoms with Gasteiger partial charge in [0.25, 0.3) is 0 Å². The Balaban J connectivity index is 2.35. The van der Waals surface area contributed by atoms with Crippen molar-refractivity contribution < 1.29 is 10.2 Å². The van der Waals surface area contributed by atoms with Gasteiger partial charge in [-0.05, 0) is 57.4 Å². The van der Waals surface area contributed by atoms with E-state index in [1.54, 1.807) is 12.1 Å². The molecule has 0 unspecified atom stereocenters. The van der Waals surface area contributed by atoms with Crippen molar-refractivity contribution in [1.29, 1.82) is 0 Å². The molecule has 0 atom stereocenters. The summed E-state index contributed by atoms with van der Waals surface area (Å²) in [6.45, 7) is 0.0591. The Bertz CT molecular complexity index is 702. The van der Waals surface area contributed by atoms with Crippen LogP contribution in [0.5, 0.6) is 5.75 Å². The van der Waals surface area contributed by atoms with Gasteiger partial charge in [0.1, 0.15) is 5.75 Å². The first-order chi connectivity index (χ1) is 8.26. The maximum absolute atomic E-state index is 9.45. The number of fused-ring (bicyclic) bond motifs is 2. The van der Waals surface area contributed by atoms with Crippen LogP contribution < -0.4 is 0 Å². The highest BCUT2D eigenvalue weighted by atomic mass is 16.3. The third-order valence-corrected chi connectivity index (χ3v) is 3.03. The number of rotatable bonds is 1. The van der Waals surface area contributed by atoms with E-state index in [9.17, 15) is 5.11 Å². The number of aliphatic hydroxyl groups is 1. The minimum Gasteiger partial charge on any atom is -0.508 e. The fraction of sp³-hybridized carbons (Fsp3) is 0.0667. The van der Waals surface area contributed by atoms with Gasteiger partial charge in [-0.25, -0.2) is 0 Å². The number of phenolic OH excluding ortho intramolecular Hbond substituents is 1. The Morgan fingerprint density at radius 1 is 0.706 bits per heavy atom. The van der Waals surface area contributed by atoms with Gasteiger partial charge >= 0.3 is 0 Å². The minimum atomic E-state index is 0.0591. The summed E-state index contributed by atoms with van der Waals surface area (Å²) in [4.78, 5) is 0. The number of aliphatic hydroxyl groups excluding tert-OH is 1. The zero-order valence-electron chi connectivity index (χ0n) is 9.22. The molecule has 3 aromatic carbocycles. The summed E-state index contributed by atoms with van der Waals surface area (Å²) in [5, 5.41) is 22.9. The lowest BCUT2D eigenvalue weighted by molar-refractivity contribution is 0.282. The summed E-state index contributed by atoms with van der Waals surface area (Å²) in [7, 11) is 0. The quantitative estimate of drug-likeness (QED) is 0.623. The molecule has 0 aromatic heterocycles. The van der Waals surface area contributed by atoms with E-state index in [1.807, 2.05) is 30.3 Å². The average molecular weight is 224 g/mol. The van der Waals surface area contributed by atoms with E-state index < -0.39 is 0 Å². The first-order valence-corrected chi connectivity index (χ1v) is 5.52. The Labute approximate surface area is 98.7 Å². The highest BCUT2D eigenvalue weighted by Crippen LogP contribution is 2.26. The molecule has 0 fully saturated rings. The molecule has 17 heavy (non-hydrogen) atoms. The lowest BCUT2D eigenvalue weighted by Gasteiger charge is -2.04. The molecular weight excluding hydrogens is 212 g/mol. The van der Waals surface area contributed by atoms with Gasteiger partial charge in [-0.2, -0.15) is 0 Å². The van der Waals surface area contributed by atoms with E-state index in [0.29, 0.717) is 0 Å². The van der Waals surface area contributed by atoms with Gasteiger partial charge in [-0.15, -0.1) is 0 Å². The molecule has 0 saturated heterocycles. The Hall–Kier alpha value is -2.06. The van der Waals surface area contributed by atoms with Crippen molar-refractivity contribution in [1.82, 2.24) is 0 Å². The summed E-state index contributed by atoms with van der Waals surface area (Å²) < 4.78 is 0. The predicted molar refractivity (Wildman–Crippen MR) is 69.0 cm³/mol. The molecule has 3 rings (SSSR count). The van der Waals surface area contributed by atoms with Crippen LogP contribution in [0.3, 0.4) is 0 Å². The second kappa shape index (κ2) is 3.75. The molecule has 2 N–H and O–H groups in total. The number of aromatic hydroxyl groups is 1. The molecule has 3 aromatic rings. The van der Waals surface area contributed by atoms with E-state index in [-0.39, 0.29) is 12.4 Å². The summed E-state index contributed by atoms with van der Waals surface area (Å²) in [6.07, 6.45) is 0. The summed E-state index contributed by atoms with van der Waals surface area (Å²) >= 11 is 0. The number of phenols is 1. The van der Waals surface area contributed by atoms with Crippen LogP contribution in [0.2, 0.25) is 0 Å². The van der Waals surface area contributed by atoms with Crippen molar-refractivity contribution in [2.45, 2.75) is 6.61 Å². The van der Waals surface area contributed by atoms with Crippen LogP contribution in [0.1, 0.15) is 5.56 Å². The molecule has 0 spiro atoms. The second-order valence-corrected chi connectivity index (χ2v) is 4.22. The molecule has 0 saturated carbocycles. The third-order valence-electron chi connectivity index (χ3n) is 3.03. The van der Waals surface area contributed by atoms with Gasteiger partial charge in [0.2, 0.25) is 0 Å². The van der Waals surface area contributed by atoms with Crippen molar-refractivity contribution in [3.63, 3.8) is 0 Å². The van der Waals surface area contributed by atoms with Gasteiger partial charge in [0.05, 0.1) is 6.61 Å². The first kappa shape index (κ1) is 10.1. The fourth-order valence-electron chi connectivity index (χ4n) is 2.13. The van der Waals surface area contributed by atoms with Crippen molar-refractivity contribution in [3.05, 3.63) is 54.1 Å². The molecule has 0 radical (unpaired) electrons. The third kappa shape index (κ3) is 1.73. The maximum Gasteiger partial charge on any atom is 0.116 e. The summed E-state index contributed by atoms with van der Waals surface area (Å²) in [6, 6.07) is 15.4. The van der Waals surface area contributed by atoms with Gasteiger partial charge < -0.3 is 10.2 Å². The van der Waals surface area contributed by atoms with Crippen LogP contribution >= 0.6 is 0 Å². The number of benzene rings is 3. The van der Waals surface area contributed by atoms with Gasteiger partial charge in [-0.3, -0.25) is 0 Å². The van der Waals surface area contributed by atoms with Crippen LogP contribution in [0.25, 0.3) is 21.5 Å². The maximum atomic E-state index is 9.45. The Kier molecular flexibility index (Phi) is 2.23. The van der Waals surface area contributed by atoms with Crippen LogP contribution in [0, 0.1) is 0 Å². The van der Waals surface area contributed by atoms with Gasteiger partial charge in [0.15, 0.2) is 0 Å². The average Bonchev–Trinajstić information content (AvgIpc) is 2.35. The van der Waals surface area contributed by atoms with Crippen molar-refractivity contribution in [2.24, 2.45) is 0 Å². The van der Waals surface area contributed by atoms with Crippen molar-refractivity contribution in [3.8, 4) is 5.75 Å². The largest absolute Gasteiger partial charge is 0.508 e. The van der Waals surface area contributed by atoms with E-state index in [1.165, 1.54) is 0 Å². The Morgan fingerprint density at radius 3 is 2.06 bits per heavy atom. The highest BCUT2D eigenvalue weighted by molar-refractivity contribution is 5.98. The SMILES string of the molecule is OCc1ccc2cc3cc(O)ccc3cc2c1. The van der Waals surface area contributed by atoms with Crippen LogP contribution in [0.4, 0.5) is 0 Å². The number of hydrogen-bond donors (Lipinski definition) is 2. The van der Waals surface area contributed by atoms with Crippen LogP contribution in [-0.4, -0.2) is 10.2 Å². The van der Waals surface area contributed by atoms with E-state index in [2.05, 4.69) is 6.07 Å². The molecular formula is C15H12O2. The number of hydrogen-bond acceptors (Lipinski definition) is 2. The molecule has 2 heteroatoms. The zero-order valence-corrected chi connectivity index (χ0v) is 9.22. The molecule has 0 amide bonds. The monoisotopic (exact) mass is 224 g/mol. The highest BCUT2D eigenvalue weighted by Gasteiger charge is 2.00. The van der Waals surface area contributed by atoms with E-state index in [0.717, 1.165) is 27.1 Å². The van der Waals surface area contributed by atoms with Gasteiger partial charge in [0, 0.05) is 0 Å². The van der Waals surface area contributed by atoms with E-state index >= 15 is 0 Å². The lowest BCUT2D eigenvalue weighted by Crippen LogP contribution is -1.83. The summed E-state index contributed by atoms with van der Waals surface area (Å²) in [5.74, 6) is 0.281. The predicted octanol–water partition coefficient (Wildman–Crippen LogP) is 3.19. The smallest absolute Gasteiger partial charge is 0.116 e. The normalized spacial score (nSPS) is 11.1. The molecule has 84 valence electrons. The minimum absolute atomic E-state index is 0.0591. The first-order valence-electron chi connectivity index (χ1n) is 5.52. The molecule has 0 aliphatic rings. The fourth-order valence-corrected chi connectivity index (χ4v) is 2.13. The lowest BCUT2D eigenvalue weighted by atomic mass is 10.0. The molecule has 0 aliphatic heterocycles. The second-order valence-electron chi connectivity index (χ2n) is 4.22. The standard InChI is InChI=1S/C15H12O2/c16-9-10-1-2-11-7-14-8-15(17)4-3-12(14)6-13(11)5-10/h1-8,16-17H,9H2. The molecule has 0 aliphatic carbocycles. The van der Waals surface area contributed by atoms with Crippen LogP contribution in [0.15, 0.2) is 48.5 Å². The van der Waals surface area contributed by atoms with Gasteiger partial charge in [-0.1, -0.05) is 18.2 Å². The topological polar surface area (TPSA) is 40.5 Å². The molecule has 2 nitrogen and oxygen atoms in total. The summed E-state index contributed by atoms with van der Waals surface area (Å²) in [5.41, 5.74) is 0.913. The van der Waals surface area contributed by atoms with Crippen molar-refractivity contribution in [2.75, 3.05) is 0 Å². The molecule has 0 bridgehead atoms. The van der Waals surface area contributed by atoms with Crippen LogP contribution in [-0.2, 0) is 6.61 Å². The Morgan fingerprint density at radius 2 is 1.35 bits per heavy atom. The van der Waals surface area contributed by atoms with Crippen molar-refractivity contribution >= 4 is 21.5 Å².